The van der Waals surface area contributed by atoms with Gasteiger partial charge in [0.05, 0.1) is 18.5 Å². The monoisotopic (exact) mass is 209 g/mol. The molecular weight excluding hydrogens is 201 g/mol. The summed E-state index contributed by atoms with van der Waals surface area (Å²) in [7, 11) is 0. The first-order valence-corrected chi connectivity index (χ1v) is 5.12. The van der Waals surface area contributed by atoms with Gasteiger partial charge in [-0.25, -0.2) is 4.39 Å². The molecule has 0 aliphatic carbocycles. The highest BCUT2D eigenvalue weighted by molar-refractivity contribution is 8.00. The maximum absolute atomic E-state index is 13.2. The number of ether oxygens (including phenoxy) is 1. The molecule has 0 unspecified atom stereocenters. The van der Waals surface area contributed by atoms with Crippen molar-refractivity contribution in [3.8, 4) is 6.07 Å². The van der Waals surface area contributed by atoms with Crippen LogP contribution >= 0.6 is 11.8 Å². The minimum absolute atomic E-state index is 0.143. The predicted octanol–water partition coefficient (Wildman–Crippen LogP) is 2.19. The molecule has 0 amide bonds. The molecule has 1 aromatic carbocycles. The lowest BCUT2D eigenvalue weighted by Crippen LogP contribution is -2.30. The summed E-state index contributed by atoms with van der Waals surface area (Å²) in [5, 5.41) is 9.13. The molecule has 2 nitrogen and oxygen atoms in total. The van der Waals surface area contributed by atoms with Gasteiger partial charge in [-0.1, -0.05) is 6.07 Å². The zero-order valence-electron chi connectivity index (χ0n) is 7.37. The fraction of sp³-hybridized carbons (Fsp3) is 0.300. The standard InChI is InChI=1S/C10H8FNOS/c11-9-2-1-3-10(8(9)4-12)14-7-5-13-6-7/h1-3,7H,5-6H2. The van der Waals surface area contributed by atoms with E-state index in [1.807, 2.05) is 6.07 Å². The van der Waals surface area contributed by atoms with E-state index in [0.717, 1.165) is 0 Å². The number of benzene rings is 1. The number of halogens is 1. The number of hydrogen-bond acceptors (Lipinski definition) is 3. The van der Waals surface area contributed by atoms with Gasteiger partial charge in [-0.15, -0.1) is 11.8 Å². The Labute approximate surface area is 85.7 Å². The molecule has 0 saturated carbocycles. The van der Waals surface area contributed by atoms with Crippen LogP contribution in [0.5, 0.6) is 0 Å². The molecule has 0 atom stereocenters. The Morgan fingerprint density at radius 2 is 2.29 bits per heavy atom. The van der Waals surface area contributed by atoms with Gasteiger partial charge >= 0.3 is 0 Å². The SMILES string of the molecule is N#Cc1c(F)cccc1SC1COC1. The number of thioether (sulfide) groups is 1. The second-order valence-corrected chi connectivity index (χ2v) is 4.34. The highest BCUT2D eigenvalue weighted by Crippen LogP contribution is 2.31. The van der Waals surface area contributed by atoms with Crippen molar-refractivity contribution in [1.29, 1.82) is 5.26 Å². The zero-order valence-corrected chi connectivity index (χ0v) is 8.18. The first-order valence-electron chi connectivity index (χ1n) is 4.24. The summed E-state index contributed by atoms with van der Waals surface area (Å²) in [6, 6.07) is 6.58. The van der Waals surface area contributed by atoms with Gasteiger partial charge in [0.15, 0.2) is 0 Å². The molecule has 0 spiro atoms. The van der Waals surface area contributed by atoms with E-state index in [9.17, 15) is 4.39 Å². The van der Waals surface area contributed by atoms with E-state index in [1.165, 1.54) is 17.8 Å². The van der Waals surface area contributed by atoms with Crippen LogP contribution in [-0.4, -0.2) is 18.5 Å². The zero-order chi connectivity index (χ0) is 9.97. The van der Waals surface area contributed by atoms with Gasteiger partial charge in [0.25, 0.3) is 0 Å². The van der Waals surface area contributed by atoms with Crippen molar-refractivity contribution in [3.05, 3.63) is 29.6 Å². The topological polar surface area (TPSA) is 33.0 Å². The van der Waals surface area contributed by atoms with Crippen LogP contribution in [0.1, 0.15) is 5.56 Å². The summed E-state index contributed by atoms with van der Waals surface area (Å²) in [6.45, 7) is 1.37. The Hall–Kier alpha value is -1.05. The highest BCUT2D eigenvalue weighted by atomic mass is 32.2. The molecule has 72 valence electrons. The van der Waals surface area contributed by atoms with E-state index >= 15 is 0 Å². The van der Waals surface area contributed by atoms with Gasteiger partial charge in [0.2, 0.25) is 0 Å². The van der Waals surface area contributed by atoms with Crippen molar-refractivity contribution in [2.45, 2.75) is 10.1 Å². The third kappa shape index (κ3) is 1.74. The van der Waals surface area contributed by atoms with Crippen LogP contribution in [-0.2, 0) is 4.74 Å². The Morgan fingerprint density at radius 3 is 2.86 bits per heavy atom. The lowest BCUT2D eigenvalue weighted by atomic mass is 10.2. The molecule has 1 aromatic rings. The highest BCUT2D eigenvalue weighted by Gasteiger charge is 2.21. The summed E-state index contributed by atoms with van der Waals surface area (Å²) < 4.78 is 18.2. The molecule has 1 heterocycles. The van der Waals surface area contributed by atoms with Crippen molar-refractivity contribution in [1.82, 2.24) is 0 Å². The van der Waals surface area contributed by atoms with Gasteiger partial charge in [-0.05, 0) is 12.1 Å². The maximum Gasteiger partial charge on any atom is 0.142 e. The average Bonchev–Trinajstić information content (AvgIpc) is 2.11. The summed E-state index contributed by atoms with van der Waals surface area (Å²) in [5.41, 5.74) is 0.143. The smallest absolute Gasteiger partial charge is 0.142 e. The molecule has 0 radical (unpaired) electrons. The molecule has 0 bridgehead atoms. The third-order valence-electron chi connectivity index (χ3n) is 1.99. The van der Waals surface area contributed by atoms with Crippen LogP contribution in [0.2, 0.25) is 0 Å². The third-order valence-corrected chi connectivity index (χ3v) is 3.19. The first-order chi connectivity index (χ1) is 6.81. The summed E-state index contributed by atoms with van der Waals surface area (Å²) in [6.07, 6.45) is 0. The van der Waals surface area contributed by atoms with E-state index in [1.54, 1.807) is 12.1 Å². The van der Waals surface area contributed by atoms with Gasteiger partial charge in [0, 0.05) is 4.90 Å². The van der Waals surface area contributed by atoms with Gasteiger partial charge in [0.1, 0.15) is 17.4 Å². The first kappa shape index (κ1) is 9.50. The largest absolute Gasteiger partial charge is 0.379 e. The molecule has 1 aliphatic heterocycles. The second-order valence-electron chi connectivity index (χ2n) is 3.00. The molecule has 1 fully saturated rings. The van der Waals surface area contributed by atoms with E-state index < -0.39 is 5.82 Å². The molecule has 0 aromatic heterocycles. The van der Waals surface area contributed by atoms with Crippen molar-refractivity contribution >= 4 is 11.8 Å². The van der Waals surface area contributed by atoms with E-state index in [4.69, 9.17) is 10.00 Å². The van der Waals surface area contributed by atoms with Gasteiger partial charge < -0.3 is 4.74 Å². The van der Waals surface area contributed by atoms with Crippen molar-refractivity contribution in [2.75, 3.05) is 13.2 Å². The van der Waals surface area contributed by atoms with Crippen molar-refractivity contribution < 1.29 is 9.13 Å². The van der Waals surface area contributed by atoms with Gasteiger partial charge in [-0.3, -0.25) is 0 Å². The maximum atomic E-state index is 13.2. The fourth-order valence-corrected chi connectivity index (χ4v) is 2.28. The number of nitriles is 1. The minimum Gasteiger partial charge on any atom is -0.379 e. The van der Waals surface area contributed by atoms with Crippen LogP contribution in [0.4, 0.5) is 4.39 Å². The molecule has 1 saturated heterocycles. The molecule has 1 aliphatic rings. The Morgan fingerprint density at radius 1 is 1.50 bits per heavy atom. The van der Waals surface area contributed by atoms with Crippen LogP contribution in [0.15, 0.2) is 23.1 Å². The molecule has 2 rings (SSSR count). The summed E-state index contributed by atoms with van der Waals surface area (Å²) >= 11 is 1.51. The van der Waals surface area contributed by atoms with Crippen molar-refractivity contribution in [3.63, 3.8) is 0 Å². The number of rotatable bonds is 2. The fourth-order valence-electron chi connectivity index (χ4n) is 1.17. The second kappa shape index (κ2) is 3.99. The van der Waals surface area contributed by atoms with Crippen molar-refractivity contribution in [2.24, 2.45) is 0 Å². The molecule has 14 heavy (non-hydrogen) atoms. The van der Waals surface area contributed by atoms with Crippen LogP contribution in [0.3, 0.4) is 0 Å². The number of nitrogens with zero attached hydrogens (tertiary/aromatic N) is 1. The van der Waals surface area contributed by atoms with Crippen LogP contribution in [0, 0.1) is 17.1 Å². The Kier molecular flexibility index (Phi) is 2.71. The number of hydrogen-bond donors (Lipinski definition) is 0. The summed E-state index contributed by atoms with van der Waals surface area (Å²) in [4.78, 5) is 0.709. The Balaban J connectivity index is 2.23. The van der Waals surface area contributed by atoms with E-state index in [2.05, 4.69) is 0 Å². The molecular formula is C10H8FNOS. The Bertz CT molecular complexity index is 384. The van der Waals surface area contributed by atoms with E-state index in [0.29, 0.717) is 23.4 Å². The minimum atomic E-state index is -0.447. The van der Waals surface area contributed by atoms with Crippen LogP contribution < -0.4 is 0 Å². The lowest BCUT2D eigenvalue weighted by Gasteiger charge is -2.25. The van der Waals surface area contributed by atoms with Gasteiger partial charge in [-0.2, -0.15) is 5.26 Å². The average molecular weight is 209 g/mol. The lowest BCUT2D eigenvalue weighted by molar-refractivity contribution is 0.0455. The van der Waals surface area contributed by atoms with Crippen LogP contribution in [0.25, 0.3) is 0 Å². The predicted molar refractivity (Wildman–Crippen MR) is 51.6 cm³/mol. The summed E-state index contributed by atoms with van der Waals surface area (Å²) in [5.74, 6) is -0.447. The molecule has 4 heteroatoms. The quantitative estimate of drug-likeness (QED) is 0.748. The molecule has 0 N–H and O–H groups in total. The van der Waals surface area contributed by atoms with E-state index in [-0.39, 0.29) is 5.56 Å². The normalized spacial score (nSPS) is 16.0.